The van der Waals surface area contributed by atoms with Crippen LogP contribution in [0.4, 0.5) is 11.6 Å². The van der Waals surface area contributed by atoms with Crippen LogP contribution in [0.3, 0.4) is 0 Å². The minimum Gasteiger partial charge on any atom is -0.430 e. The Kier molecular flexibility index (Phi) is 4.05. The molecule has 0 spiro atoms. The van der Waals surface area contributed by atoms with E-state index in [0.717, 1.165) is 19.2 Å². The zero-order valence-corrected chi connectivity index (χ0v) is 10.7. The van der Waals surface area contributed by atoms with Crippen LogP contribution < -0.4 is 16.0 Å². The zero-order valence-electron chi connectivity index (χ0n) is 10.7. The van der Waals surface area contributed by atoms with Crippen LogP contribution in [0.25, 0.3) is 0 Å². The highest BCUT2D eigenvalue weighted by atomic mass is 16.6. The third-order valence-corrected chi connectivity index (χ3v) is 2.34. The summed E-state index contributed by atoms with van der Waals surface area (Å²) in [6.45, 7) is 2.74. The maximum absolute atomic E-state index is 10.9. The van der Waals surface area contributed by atoms with E-state index in [4.69, 9.17) is 10.6 Å². The standard InChI is InChI=1S/C10H13N7O3/c1-2-3-16-6-7(4-13-16)20-9-8(17(18)19)5-12-10(14-9)15-11/h4-6H,2-3,11H2,1H3,(H,12,14,15). The van der Waals surface area contributed by atoms with Crippen molar-refractivity contribution in [3.63, 3.8) is 0 Å². The summed E-state index contributed by atoms with van der Waals surface area (Å²) in [6, 6.07) is 0. The minimum absolute atomic E-state index is 0.0200. The Labute approximate surface area is 113 Å². The first-order chi connectivity index (χ1) is 9.63. The summed E-state index contributed by atoms with van der Waals surface area (Å²) in [5.74, 6) is 5.34. The van der Waals surface area contributed by atoms with Gasteiger partial charge in [0.2, 0.25) is 5.95 Å². The molecule has 0 bridgehead atoms. The van der Waals surface area contributed by atoms with Crippen LogP contribution in [0.2, 0.25) is 0 Å². The Morgan fingerprint density at radius 2 is 2.35 bits per heavy atom. The predicted octanol–water partition coefficient (Wildman–Crippen LogP) is 1.07. The first-order valence-corrected chi connectivity index (χ1v) is 5.82. The Balaban J connectivity index is 2.27. The summed E-state index contributed by atoms with van der Waals surface area (Å²) in [4.78, 5) is 17.7. The van der Waals surface area contributed by atoms with Gasteiger partial charge in [0.15, 0.2) is 5.75 Å². The summed E-state index contributed by atoms with van der Waals surface area (Å²) in [6.07, 6.45) is 5.02. The van der Waals surface area contributed by atoms with Crippen LogP contribution in [-0.4, -0.2) is 24.7 Å². The van der Waals surface area contributed by atoms with E-state index in [1.54, 1.807) is 10.9 Å². The number of nitrogens with one attached hydrogen (secondary N) is 1. The second-order valence-electron chi connectivity index (χ2n) is 3.83. The van der Waals surface area contributed by atoms with E-state index in [1.165, 1.54) is 6.20 Å². The third kappa shape index (κ3) is 2.98. The number of hydrogen-bond acceptors (Lipinski definition) is 8. The van der Waals surface area contributed by atoms with Crippen LogP contribution in [0.15, 0.2) is 18.6 Å². The molecule has 2 rings (SSSR count). The number of nitro groups is 1. The number of aromatic nitrogens is 4. The number of rotatable bonds is 6. The van der Waals surface area contributed by atoms with Gasteiger partial charge in [-0.3, -0.25) is 20.2 Å². The van der Waals surface area contributed by atoms with Crippen LogP contribution in [-0.2, 0) is 6.54 Å². The van der Waals surface area contributed by atoms with E-state index in [-0.39, 0.29) is 17.5 Å². The van der Waals surface area contributed by atoms with E-state index in [0.29, 0.717) is 5.75 Å². The fourth-order valence-electron chi connectivity index (χ4n) is 1.49. The predicted molar refractivity (Wildman–Crippen MR) is 69.1 cm³/mol. The van der Waals surface area contributed by atoms with Crippen molar-refractivity contribution in [2.75, 3.05) is 5.43 Å². The number of ether oxygens (including phenoxy) is 1. The average Bonchev–Trinajstić information content (AvgIpc) is 2.86. The van der Waals surface area contributed by atoms with Crippen molar-refractivity contribution in [3.05, 3.63) is 28.7 Å². The molecule has 0 saturated carbocycles. The Bertz CT molecular complexity index is 613. The van der Waals surface area contributed by atoms with Crippen LogP contribution in [0.5, 0.6) is 11.6 Å². The average molecular weight is 279 g/mol. The molecule has 0 unspecified atom stereocenters. The highest BCUT2D eigenvalue weighted by Gasteiger charge is 2.20. The lowest BCUT2D eigenvalue weighted by Gasteiger charge is -2.04. The van der Waals surface area contributed by atoms with Crippen LogP contribution in [0.1, 0.15) is 13.3 Å². The van der Waals surface area contributed by atoms with Crippen molar-refractivity contribution in [2.45, 2.75) is 19.9 Å². The molecule has 10 nitrogen and oxygen atoms in total. The molecule has 0 aliphatic heterocycles. The number of nitrogens with zero attached hydrogens (tertiary/aromatic N) is 5. The Morgan fingerprint density at radius 1 is 1.55 bits per heavy atom. The van der Waals surface area contributed by atoms with E-state index >= 15 is 0 Å². The van der Waals surface area contributed by atoms with Crippen molar-refractivity contribution in [1.29, 1.82) is 0 Å². The topological polar surface area (TPSA) is 134 Å². The molecule has 106 valence electrons. The highest BCUT2D eigenvalue weighted by Crippen LogP contribution is 2.28. The zero-order chi connectivity index (χ0) is 14.5. The summed E-state index contributed by atoms with van der Waals surface area (Å²) in [7, 11) is 0. The summed E-state index contributed by atoms with van der Waals surface area (Å²) < 4.78 is 7.04. The maximum Gasteiger partial charge on any atom is 0.349 e. The molecule has 10 heteroatoms. The van der Waals surface area contributed by atoms with Gasteiger partial charge in [-0.25, -0.2) is 10.8 Å². The highest BCUT2D eigenvalue weighted by molar-refractivity contribution is 5.44. The second kappa shape index (κ2) is 5.93. The largest absolute Gasteiger partial charge is 0.430 e. The fourth-order valence-corrected chi connectivity index (χ4v) is 1.49. The molecule has 0 amide bonds. The molecule has 20 heavy (non-hydrogen) atoms. The molecule has 0 saturated heterocycles. The van der Waals surface area contributed by atoms with Gasteiger partial charge in [0.05, 0.1) is 17.3 Å². The Hall–Kier alpha value is -2.75. The fraction of sp³-hybridized carbons (Fsp3) is 0.300. The molecule has 3 N–H and O–H groups in total. The molecule has 0 aliphatic carbocycles. The Morgan fingerprint density at radius 3 is 3.00 bits per heavy atom. The van der Waals surface area contributed by atoms with Gasteiger partial charge in [-0.15, -0.1) is 0 Å². The number of hydrazine groups is 1. The van der Waals surface area contributed by atoms with Crippen molar-refractivity contribution < 1.29 is 9.66 Å². The minimum atomic E-state index is -0.633. The molecule has 0 atom stereocenters. The van der Waals surface area contributed by atoms with Gasteiger partial charge in [-0.05, 0) is 6.42 Å². The van der Waals surface area contributed by atoms with Crippen molar-refractivity contribution in [2.24, 2.45) is 5.84 Å². The molecule has 2 heterocycles. The lowest BCUT2D eigenvalue weighted by atomic mass is 10.5. The number of nitrogen functional groups attached to an aromatic ring is 1. The smallest absolute Gasteiger partial charge is 0.349 e. The normalized spacial score (nSPS) is 10.3. The van der Waals surface area contributed by atoms with Gasteiger partial charge >= 0.3 is 11.6 Å². The molecule has 2 aromatic rings. The van der Waals surface area contributed by atoms with Crippen LogP contribution in [0, 0.1) is 10.1 Å². The van der Waals surface area contributed by atoms with Gasteiger partial charge in [-0.2, -0.15) is 10.1 Å². The number of nitrogens with two attached hydrogens (primary N) is 1. The van der Waals surface area contributed by atoms with Crippen LogP contribution >= 0.6 is 0 Å². The molecule has 0 aliphatic rings. The summed E-state index contributed by atoms with van der Waals surface area (Å²) >= 11 is 0. The molecule has 0 radical (unpaired) electrons. The second-order valence-corrected chi connectivity index (χ2v) is 3.83. The van der Waals surface area contributed by atoms with E-state index in [9.17, 15) is 10.1 Å². The van der Waals surface area contributed by atoms with E-state index < -0.39 is 4.92 Å². The van der Waals surface area contributed by atoms with E-state index in [2.05, 4.69) is 20.5 Å². The van der Waals surface area contributed by atoms with Gasteiger partial charge in [0, 0.05) is 6.54 Å². The number of anilines is 1. The van der Waals surface area contributed by atoms with Gasteiger partial charge < -0.3 is 4.74 Å². The van der Waals surface area contributed by atoms with Gasteiger partial charge in [-0.1, -0.05) is 6.92 Å². The summed E-state index contributed by atoms with van der Waals surface area (Å²) in [5, 5.41) is 14.9. The number of aryl methyl sites for hydroxylation is 1. The molecule has 0 aromatic carbocycles. The molecule has 0 fully saturated rings. The summed E-state index contributed by atoms with van der Waals surface area (Å²) in [5.41, 5.74) is 1.84. The third-order valence-electron chi connectivity index (χ3n) is 2.34. The monoisotopic (exact) mass is 279 g/mol. The number of hydrogen-bond donors (Lipinski definition) is 2. The molecular formula is C10H13N7O3. The quantitative estimate of drug-likeness (QED) is 0.455. The lowest BCUT2D eigenvalue weighted by molar-refractivity contribution is -0.386. The first-order valence-electron chi connectivity index (χ1n) is 5.82. The van der Waals surface area contributed by atoms with Gasteiger partial charge in [0.1, 0.15) is 6.20 Å². The van der Waals surface area contributed by atoms with Crippen molar-refractivity contribution >= 4 is 11.6 Å². The first kappa shape index (κ1) is 13.7. The SMILES string of the molecule is CCCn1cc(Oc2nc(NN)ncc2[N+](=O)[O-])cn1. The molecular weight excluding hydrogens is 266 g/mol. The molecule has 2 aromatic heterocycles. The van der Waals surface area contributed by atoms with E-state index in [1.807, 2.05) is 6.92 Å². The lowest BCUT2D eigenvalue weighted by Crippen LogP contribution is -2.11. The van der Waals surface area contributed by atoms with Crippen molar-refractivity contribution in [3.8, 4) is 11.6 Å². The van der Waals surface area contributed by atoms with Crippen molar-refractivity contribution in [1.82, 2.24) is 19.7 Å². The van der Waals surface area contributed by atoms with Gasteiger partial charge in [0.25, 0.3) is 0 Å². The maximum atomic E-state index is 10.9.